The lowest BCUT2D eigenvalue weighted by molar-refractivity contribution is 0.102. The van der Waals surface area contributed by atoms with E-state index in [9.17, 15) is 13.2 Å². The van der Waals surface area contributed by atoms with E-state index >= 15 is 0 Å². The molecule has 2 aromatic carbocycles. The van der Waals surface area contributed by atoms with E-state index in [1.807, 2.05) is 12.1 Å². The van der Waals surface area contributed by atoms with E-state index in [0.29, 0.717) is 21.6 Å². The molecule has 1 aliphatic rings. The topological polar surface area (TPSA) is 95.5 Å². The molecule has 0 spiro atoms. The van der Waals surface area contributed by atoms with E-state index < -0.39 is 15.9 Å². The van der Waals surface area contributed by atoms with Crippen LogP contribution in [0.3, 0.4) is 0 Å². The van der Waals surface area contributed by atoms with Crippen molar-refractivity contribution in [1.82, 2.24) is 14.5 Å². The number of hydrogen-bond donors (Lipinski definition) is 1. The van der Waals surface area contributed by atoms with Crippen molar-refractivity contribution in [3.63, 3.8) is 0 Å². The minimum Gasteiger partial charge on any atom is -0.371 e. The van der Waals surface area contributed by atoms with Gasteiger partial charge in [0.2, 0.25) is 15.2 Å². The summed E-state index contributed by atoms with van der Waals surface area (Å²) in [7, 11) is -0.734. The smallest absolute Gasteiger partial charge is 0.259 e. The number of nitrogens with zero attached hydrogens (tertiary/aromatic N) is 4. The highest BCUT2D eigenvalue weighted by Crippen LogP contribution is 2.31. The van der Waals surface area contributed by atoms with Crippen LogP contribution in [0.15, 0.2) is 47.4 Å². The highest BCUT2D eigenvalue weighted by molar-refractivity contribution is 7.89. The van der Waals surface area contributed by atoms with Gasteiger partial charge >= 0.3 is 0 Å². The number of benzene rings is 2. The van der Waals surface area contributed by atoms with E-state index in [-0.39, 0.29) is 4.90 Å². The van der Waals surface area contributed by atoms with E-state index in [2.05, 4.69) is 46.4 Å². The number of amides is 1. The number of nitrogens with one attached hydrogen (secondary N) is 1. The van der Waals surface area contributed by atoms with Crippen LogP contribution in [0.5, 0.6) is 0 Å². The van der Waals surface area contributed by atoms with Crippen molar-refractivity contribution >= 4 is 38.1 Å². The monoisotopic (exact) mass is 499 g/mol. The molecule has 180 valence electrons. The summed E-state index contributed by atoms with van der Waals surface area (Å²) in [5, 5.41) is 12.3. The first-order chi connectivity index (χ1) is 16.2. The summed E-state index contributed by atoms with van der Waals surface area (Å²) in [5.41, 5.74) is 3.20. The summed E-state index contributed by atoms with van der Waals surface area (Å²) in [4.78, 5) is 15.5. The van der Waals surface area contributed by atoms with Gasteiger partial charge in [0, 0.05) is 38.4 Å². The molecule has 0 unspecified atom stereocenters. The van der Waals surface area contributed by atoms with Gasteiger partial charge < -0.3 is 4.90 Å². The lowest BCUT2D eigenvalue weighted by atomic mass is 10.0. The van der Waals surface area contributed by atoms with Crippen molar-refractivity contribution in [3.05, 3.63) is 53.6 Å². The second-order valence-electron chi connectivity index (χ2n) is 8.80. The average Bonchev–Trinajstić information content (AvgIpc) is 3.51. The number of anilines is 2. The number of aromatic nitrogens is 2. The van der Waals surface area contributed by atoms with Crippen molar-refractivity contribution in [2.75, 3.05) is 37.4 Å². The zero-order valence-electron chi connectivity index (χ0n) is 19.8. The van der Waals surface area contributed by atoms with Gasteiger partial charge in [-0.2, -0.15) is 0 Å². The van der Waals surface area contributed by atoms with E-state index in [4.69, 9.17) is 0 Å². The maximum Gasteiger partial charge on any atom is 0.259 e. The zero-order valence-corrected chi connectivity index (χ0v) is 21.4. The largest absolute Gasteiger partial charge is 0.371 e. The van der Waals surface area contributed by atoms with Crippen LogP contribution in [-0.4, -0.2) is 56.0 Å². The SMILES string of the molecule is CC(C)c1ccc(-c2nnc(NC(=O)c3cc(S(=O)(=O)N(C)C)ccc3N3CCCC3)s2)cc1. The molecule has 1 amide bonds. The number of hydrogen-bond acceptors (Lipinski definition) is 7. The molecule has 0 saturated carbocycles. The summed E-state index contributed by atoms with van der Waals surface area (Å²) in [6.45, 7) is 5.94. The van der Waals surface area contributed by atoms with Crippen molar-refractivity contribution in [2.24, 2.45) is 0 Å². The summed E-state index contributed by atoms with van der Waals surface area (Å²) in [6, 6.07) is 12.9. The Morgan fingerprint density at radius 1 is 1.06 bits per heavy atom. The van der Waals surface area contributed by atoms with Crippen LogP contribution >= 0.6 is 11.3 Å². The third kappa shape index (κ3) is 4.98. The number of rotatable bonds is 7. The molecule has 1 saturated heterocycles. The molecule has 1 N–H and O–H groups in total. The van der Waals surface area contributed by atoms with Crippen LogP contribution in [-0.2, 0) is 10.0 Å². The maximum absolute atomic E-state index is 13.3. The first-order valence-corrected chi connectivity index (χ1v) is 13.5. The molecular weight excluding hydrogens is 470 g/mol. The molecule has 10 heteroatoms. The molecule has 34 heavy (non-hydrogen) atoms. The quantitative estimate of drug-likeness (QED) is 0.517. The minimum absolute atomic E-state index is 0.0776. The van der Waals surface area contributed by atoms with Gasteiger partial charge in [0.15, 0.2) is 0 Å². The molecule has 1 fully saturated rings. The normalized spacial score (nSPS) is 14.2. The van der Waals surface area contributed by atoms with Gasteiger partial charge in [0.25, 0.3) is 5.91 Å². The first kappa shape index (κ1) is 24.3. The van der Waals surface area contributed by atoms with E-state index in [1.165, 1.54) is 37.1 Å². The highest BCUT2D eigenvalue weighted by atomic mass is 32.2. The molecular formula is C24H29N5O3S2. The Morgan fingerprint density at radius 3 is 2.35 bits per heavy atom. The van der Waals surface area contributed by atoms with Crippen molar-refractivity contribution < 1.29 is 13.2 Å². The minimum atomic E-state index is -3.68. The Bertz CT molecular complexity index is 1280. The van der Waals surface area contributed by atoms with Crippen LogP contribution in [0.4, 0.5) is 10.8 Å². The lowest BCUT2D eigenvalue weighted by Gasteiger charge is -2.22. The molecule has 3 aromatic rings. The van der Waals surface area contributed by atoms with Gasteiger partial charge in [-0.05, 0) is 42.5 Å². The molecule has 0 radical (unpaired) electrons. The third-order valence-corrected chi connectivity index (χ3v) is 8.61. The Kier molecular flexibility index (Phi) is 7.01. The van der Waals surface area contributed by atoms with Gasteiger partial charge in [0.05, 0.1) is 10.5 Å². The molecule has 8 nitrogen and oxygen atoms in total. The maximum atomic E-state index is 13.3. The summed E-state index contributed by atoms with van der Waals surface area (Å²) >= 11 is 1.28. The standard InChI is InChI=1S/C24H29N5O3S2/c1-16(2)17-7-9-18(10-8-17)23-26-27-24(33-23)25-22(30)20-15-19(34(31,32)28(3)4)11-12-21(20)29-13-5-6-14-29/h7-12,15-16H,5-6,13-14H2,1-4H3,(H,25,27,30). The van der Waals surface area contributed by atoms with Crippen LogP contribution in [0.2, 0.25) is 0 Å². The third-order valence-electron chi connectivity index (χ3n) is 5.91. The average molecular weight is 500 g/mol. The Morgan fingerprint density at radius 2 is 1.74 bits per heavy atom. The predicted octanol–water partition coefficient (Wildman–Crippen LogP) is 4.43. The van der Waals surface area contributed by atoms with Crippen LogP contribution in [0.1, 0.15) is 48.5 Å². The van der Waals surface area contributed by atoms with Gasteiger partial charge in [-0.3, -0.25) is 10.1 Å². The molecule has 0 atom stereocenters. The van der Waals surface area contributed by atoms with E-state index in [1.54, 1.807) is 12.1 Å². The second kappa shape index (κ2) is 9.81. The van der Waals surface area contributed by atoms with E-state index in [0.717, 1.165) is 41.5 Å². The Hall–Kier alpha value is -2.82. The Labute approximate surface area is 204 Å². The second-order valence-corrected chi connectivity index (χ2v) is 11.9. The molecule has 0 aliphatic carbocycles. The number of carbonyl (C=O) groups is 1. The van der Waals surface area contributed by atoms with Crippen LogP contribution in [0, 0.1) is 0 Å². The number of sulfonamides is 1. The molecule has 1 aliphatic heterocycles. The first-order valence-electron chi connectivity index (χ1n) is 11.2. The zero-order chi connectivity index (χ0) is 24.5. The van der Waals surface area contributed by atoms with Crippen molar-refractivity contribution in [2.45, 2.75) is 37.5 Å². The van der Waals surface area contributed by atoms with Crippen LogP contribution < -0.4 is 10.2 Å². The Balaban J connectivity index is 1.62. The number of carbonyl (C=O) groups excluding carboxylic acids is 1. The van der Waals surface area contributed by atoms with Gasteiger partial charge in [0.1, 0.15) is 5.01 Å². The highest BCUT2D eigenvalue weighted by Gasteiger charge is 2.25. The molecule has 0 bridgehead atoms. The molecule has 2 heterocycles. The summed E-state index contributed by atoms with van der Waals surface area (Å²) < 4.78 is 26.5. The predicted molar refractivity (Wildman–Crippen MR) is 136 cm³/mol. The fourth-order valence-corrected chi connectivity index (χ4v) is 5.54. The molecule has 4 rings (SSSR count). The van der Waals surface area contributed by atoms with Gasteiger partial charge in [-0.15, -0.1) is 10.2 Å². The van der Waals surface area contributed by atoms with Crippen molar-refractivity contribution in [1.29, 1.82) is 0 Å². The van der Waals surface area contributed by atoms with Gasteiger partial charge in [-0.1, -0.05) is 49.4 Å². The van der Waals surface area contributed by atoms with Crippen LogP contribution in [0.25, 0.3) is 10.6 Å². The summed E-state index contributed by atoms with van der Waals surface area (Å²) in [5.74, 6) is 0.0331. The summed E-state index contributed by atoms with van der Waals surface area (Å²) in [6.07, 6.45) is 2.07. The van der Waals surface area contributed by atoms with Gasteiger partial charge in [-0.25, -0.2) is 12.7 Å². The fourth-order valence-electron chi connectivity index (χ4n) is 3.87. The van der Waals surface area contributed by atoms with Crippen molar-refractivity contribution in [3.8, 4) is 10.6 Å². The lowest BCUT2D eigenvalue weighted by Crippen LogP contribution is -2.25. The molecule has 1 aromatic heterocycles. The fraction of sp³-hybridized carbons (Fsp3) is 0.375.